The third kappa shape index (κ3) is 9.27. The SMILES string of the molecule is CSCCC(NC(=O)C(NC(=O)C(C)N)C(C)O)C(=O)NCC(=O)O. The number of carbonyl (C=O) groups excluding carboxylic acids is 3. The molecule has 7 N–H and O–H groups in total. The molecule has 0 aromatic carbocycles. The van der Waals surface area contributed by atoms with Gasteiger partial charge in [0.1, 0.15) is 18.6 Å². The Hall–Kier alpha value is -1.85. The molecule has 144 valence electrons. The van der Waals surface area contributed by atoms with Gasteiger partial charge in [-0.2, -0.15) is 11.8 Å². The van der Waals surface area contributed by atoms with Crippen LogP contribution in [0.3, 0.4) is 0 Å². The van der Waals surface area contributed by atoms with E-state index < -0.39 is 54.5 Å². The quantitative estimate of drug-likeness (QED) is 0.232. The zero-order chi connectivity index (χ0) is 19.6. The van der Waals surface area contributed by atoms with Crippen molar-refractivity contribution in [3.8, 4) is 0 Å². The molecule has 0 aliphatic rings. The number of nitrogens with one attached hydrogen (secondary N) is 3. The van der Waals surface area contributed by atoms with Crippen LogP contribution in [0.5, 0.6) is 0 Å². The fourth-order valence-corrected chi connectivity index (χ4v) is 2.21. The van der Waals surface area contributed by atoms with E-state index in [4.69, 9.17) is 10.8 Å². The van der Waals surface area contributed by atoms with E-state index in [1.165, 1.54) is 25.6 Å². The molecule has 0 radical (unpaired) electrons. The summed E-state index contributed by atoms with van der Waals surface area (Å²) in [5.41, 5.74) is 5.42. The molecule has 0 heterocycles. The summed E-state index contributed by atoms with van der Waals surface area (Å²) in [5.74, 6) is -2.73. The van der Waals surface area contributed by atoms with Gasteiger partial charge in [0.05, 0.1) is 12.1 Å². The van der Waals surface area contributed by atoms with Crippen molar-refractivity contribution in [2.24, 2.45) is 5.73 Å². The van der Waals surface area contributed by atoms with Gasteiger partial charge in [0.15, 0.2) is 0 Å². The molecule has 0 spiro atoms. The minimum absolute atomic E-state index is 0.256. The van der Waals surface area contributed by atoms with E-state index in [0.717, 1.165) is 0 Å². The molecule has 0 saturated heterocycles. The van der Waals surface area contributed by atoms with Crippen molar-refractivity contribution >= 4 is 35.5 Å². The van der Waals surface area contributed by atoms with Gasteiger partial charge in [-0.05, 0) is 32.3 Å². The van der Waals surface area contributed by atoms with Crippen molar-refractivity contribution in [1.29, 1.82) is 0 Å². The number of thioether (sulfide) groups is 1. The van der Waals surface area contributed by atoms with Crippen molar-refractivity contribution in [2.75, 3.05) is 18.6 Å². The van der Waals surface area contributed by atoms with E-state index in [-0.39, 0.29) is 6.42 Å². The van der Waals surface area contributed by atoms with E-state index in [1.807, 2.05) is 6.26 Å². The summed E-state index contributed by atoms with van der Waals surface area (Å²) in [5, 5.41) is 25.3. The van der Waals surface area contributed by atoms with Crippen molar-refractivity contribution in [2.45, 2.75) is 44.5 Å². The van der Waals surface area contributed by atoms with Crippen LogP contribution in [0.4, 0.5) is 0 Å². The zero-order valence-corrected chi connectivity index (χ0v) is 15.3. The van der Waals surface area contributed by atoms with Gasteiger partial charge >= 0.3 is 5.97 Å². The highest BCUT2D eigenvalue weighted by Crippen LogP contribution is 2.03. The summed E-state index contributed by atoms with van der Waals surface area (Å²) in [6.07, 6.45) is 0.854. The third-order valence-corrected chi connectivity index (χ3v) is 3.78. The first-order valence-electron chi connectivity index (χ1n) is 7.63. The number of hydrogen-bond acceptors (Lipinski definition) is 7. The number of nitrogens with two attached hydrogens (primary N) is 1. The van der Waals surface area contributed by atoms with Crippen LogP contribution in [0.25, 0.3) is 0 Å². The van der Waals surface area contributed by atoms with E-state index in [2.05, 4.69) is 16.0 Å². The monoisotopic (exact) mass is 378 g/mol. The van der Waals surface area contributed by atoms with Crippen molar-refractivity contribution in [3.05, 3.63) is 0 Å². The largest absolute Gasteiger partial charge is 0.480 e. The van der Waals surface area contributed by atoms with E-state index >= 15 is 0 Å². The second-order valence-corrected chi connectivity index (χ2v) is 6.46. The minimum atomic E-state index is -1.29. The number of aliphatic hydroxyl groups excluding tert-OH is 1. The summed E-state index contributed by atoms with van der Waals surface area (Å²) in [6, 6.07) is -3.16. The van der Waals surface area contributed by atoms with E-state index in [0.29, 0.717) is 5.75 Å². The molecule has 11 heteroatoms. The lowest BCUT2D eigenvalue weighted by atomic mass is 10.1. The number of aliphatic carboxylic acids is 1. The first kappa shape index (κ1) is 23.1. The predicted octanol–water partition coefficient (Wildman–Crippen LogP) is -2.36. The molecule has 4 unspecified atom stereocenters. The Morgan fingerprint density at radius 3 is 2.12 bits per heavy atom. The molecule has 3 amide bonds. The average molecular weight is 378 g/mol. The Balaban J connectivity index is 5.02. The highest BCUT2D eigenvalue weighted by molar-refractivity contribution is 7.98. The highest BCUT2D eigenvalue weighted by Gasteiger charge is 2.30. The third-order valence-electron chi connectivity index (χ3n) is 3.13. The first-order valence-corrected chi connectivity index (χ1v) is 9.02. The molecule has 0 aromatic heterocycles. The maximum atomic E-state index is 12.3. The van der Waals surface area contributed by atoms with Crippen LogP contribution >= 0.6 is 11.8 Å². The molecular weight excluding hydrogens is 352 g/mol. The molecule has 4 atom stereocenters. The van der Waals surface area contributed by atoms with Crippen molar-refractivity contribution in [1.82, 2.24) is 16.0 Å². The van der Waals surface area contributed by atoms with E-state index in [1.54, 1.807) is 0 Å². The molecule has 0 aromatic rings. The van der Waals surface area contributed by atoms with Crippen LogP contribution < -0.4 is 21.7 Å². The van der Waals surface area contributed by atoms with Gasteiger partial charge < -0.3 is 31.9 Å². The Labute approximate surface area is 150 Å². The van der Waals surface area contributed by atoms with Crippen LogP contribution in [0.1, 0.15) is 20.3 Å². The second-order valence-electron chi connectivity index (χ2n) is 5.47. The fraction of sp³-hybridized carbons (Fsp3) is 0.714. The molecule has 0 rings (SSSR count). The lowest BCUT2D eigenvalue weighted by molar-refractivity contribution is -0.138. The number of hydrogen-bond donors (Lipinski definition) is 6. The van der Waals surface area contributed by atoms with Crippen molar-refractivity contribution in [3.63, 3.8) is 0 Å². The molecule has 0 fully saturated rings. The van der Waals surface area contributed by atoms with Crippen molar-refractivity contribution < 1.29 is 29.4 Å². The second kappa shape index (κ2) is 11.7. The number of amides is 3. The van der Waals surface area contributed by atoms with Gasteiger partial charge in [-0.25, -0.2) is 0 Å². The average Bonchev–Trinajstić information content (AvgIpc) is 2.52. The summed E-state index contributed by atoms with van der Waals surface area (Å²) >= 11 is 1.44. The first-order chi connectivity index (χ1) is 11.6. The normalized spacial score (nSPS) is 15.4. The Bertz CT molecular complexity index is 486. The number of rotatable bonds is 11. The summed E-state index contributed by atoms with van der Waals surface area (Å²) in [6.45, 7) is 2.16. The molecule has 25 heavy (non-hydrogen) atoms. The van der Waals surface area contributed by atoms with Gasteiger partial charge in [-0.3, -0.25) is 19.2 Å². The van der Waals surface area contributed by atoms with Crippen LogP contribution in [0.15, 0.2) is 0 Å². The van der Waals surface area contributed by atoms with Gasteiger partial charge in [0.2, 0.25) is 17.7 Å². The molecular formula is C14H26N4O6S. The lowest BCUT2D eigenvalue weighted by Gasteiger charge is -2.25. The highest BCUT2D eigenvalue weighted by atomic mass is 32.2. The molecule has 0 aliphatic carbocycles. The van der Waals surface area contributed by atoms with Gasteiger partial charge in [0, 0.05) is 0 Å². The van der Waals surface area contributed by atoms with E-state index in [9.17, 15) is 24.3 Å². The lowest BCUT2D eigenvalue weighted by Crippen LogP contribution is -2.59. The molecule has 0 saturated carbocycles. The fourth-order valence-electron chi connectivity index (χ4n) is 1.74. The standard InChI is InChI=1S/C14H26N4O6S/c1-7(15)12(22)18-11(8(2)19)14(24)17-9(4-5-25-3)13(23)16-6-10(20)21/h7-9,11,19H,4-6,15H2,1-3H3,(H,16,23)(H,17,24)(H,18,22)(H,20,21). The summed E-state index contributed by atoms with van der Waals surface area (Å²) in [4.78, 5) is 46.6. The molecule has 10 nitrogen and oxygen atoms in total. The van der Waals surface area contributed by atoms with Crippen LogP contribution in [-0.2, 0) is 19.2 Å². The Kier molecular flexibility index (Phi) is 10.8. The van der Waals surface area contributed by atoms with Crippen LogP contribution in [-0.4, -0.2) is 76.7 Å². The predicted molar refractivity (Wildman–Crippen MR) is 92.8 cm³/mol. The Morgan fingerprint density at radius 1 is 1.08 bits per heavy atom. The van der Waals surface area contributed by atoms with Gasteiger partial charge in [-0.1, -0.05) is 0 Å². The Morgan fingerprint density at radius 2 is 1.68 bits per heavy atom. The topological polar surface area (TPSA) is 171 Å². The van der Waals surface area contributed by atoms with Crippen LogP contribution in [0.2, 0.25) is 0 Å². The zero-order valence-electron chi connectivity index (χ0n) is 14.4. The summed E-state index contributed by atoms with van der Waals surface area (Å²) < 4.78 is 0. The maximum absolute atomic E-state index is 12.3. The van der Waals surface area contributed by atoms with Gasteiger partial charge in [-0.15, -0.1) is 0 Å². The van der Waals surface area contributed by atoms with Crippen LogP contribution in [0, 0.1) is 0 Å². The number of carboxylic acids is 1. The smallest absolute Gasteiger partial charge is 0.322 e. The number of carboxylic acid groups (broad SMARTS) is 1. The molecule has 0 aliphatic heterocycles. The minimum Gasteiger partial charge on any atom is -0.480 e. The number of carbonyl (C=O) groups is 4. The number of aliphatic hydroxyl groups is 1. The molecule has 0 bridgehead atoms. The maximum Gasteiger partial charge on any atom is 0.322 e. The summed E-state index contributed by atoms with van der Waals surface area (Å²) in [7, 11) is 0. The van der Waals surface area contributed by atoms with Gasteiger partial charge in [0.25, 0.3) is 0 Å².